The summed E-state index contributed by atoms with van der Waals surface area (Å²) in [6.07, 6.45) is 2.66. The summed E-state index contributed by atoms with van der Waals surface area (Å²) in [6.45, 7) is 2.66. The standard InChI is InChI=1S/C40H37ClFN3O6/c1-24(46)29-15-17-34(41)37(42)32(29)16-18-36(48)45-21-19-31-30(26-11-13-27(14-12-26)39(49)43-20-22-44(2)3)5-4-6-33(31)38(45)35(47)23-25-7-9-28(10-8-25)40(50)51/h4-18,38H,19-23H2,1-3H3,(H,43,49)(H,50,51)/b18-16+/t38-/m1/s1. The highest BCUT2D eigenvalue weighted by molar-refractivity contribution is 6.31. The smallest absolute Gasteiger partial charge is 0.335 e. The molecule has 51 heavy (non-hydrogen) atoms. The molecule has 0 aliphatic carbocycles. The number of ketones is 2. The first-order valence-electron chi connectivity index (χ1n) is 16.3. The molecule has 2 N–H and O–H groups in total. The van der Waals surface area contributed by atoms with Crippen molar-refractivity contribution in [2.45, 2.75) is 25.8 Å². The van der Waals surface area contributed by atoms with Crippen LogP contribution in [-0.2, 0) is 22.4 Å². The largest absolute Gasteiger partial charge is 0.478 e. The number of halogens is 2. The van der Waals surface area contributed by atoms with E-state index in [9.17, 15) is 29.1 Å². The predicted octanol–water partition coefficient (Wildman–Crippen LogP) is 6.29. The number of benzene rings is 4. The highest BCUT2D eigenvalue weighted by Gasteiger charge is 2.36. The Balaban J connectivity index is 1.49. The first kappa shape index (κ1) is 36.8. The van der Waals surface area contributed by atoms with Crippen molar-refractivity contribution in [3.05, 3.63) is 135 Å². The Bertz CT molecular complexity index is 2030. The predicted molar refractivity (Wildman–Crippen MR) is 193 cm³/mol. The molecule has 0 saturated heterocycles. The summed E-state index contributed by atoms with van der Waals surface area (Å²) >= 11 is 5.99. The van der Waals surface area contributed by atoms with Crippen LogP contribution in [0, 0.1) is 5.82 Å². The summed E-state index contributed by atoms with van der Waals surface area (Å²) in [5.41, 5.74) is 4.27. The van der Waals surface area contributed by atoms with E-state index in [4.69, 9.17) is 11.6 Å². The van der Waals surface area contributed by atoms with Gasteiger partial charge in [-0.2, -0.15) is 0 Å². The van der Waals surface area contributed by atoms with E-state index >= 15 is 4.39 Å². The van der Waals surface area contributed by atoms with Gasteiger partial charge in [-0.25, -0.2) is 9.18 Å². The number of carboxylic acids is 1. The Hall–Kier alpha value is -5.45. The SMILES string of the molecule is CC(=O)c1ccc(Cl)c(F)c1/C=C/C(=O)N1CCc2c(-c3ccc(C(=O)NCCN(C)C)cc3)cccc2[C@@H]1C(=O)Cc1ccc(C(=O)O)cc1. The Morgan fingerprint density at radius 1 is 0.961 bits per heavy atom. The zero-order valence-corrected chi connectivity index (χ0v) is 29.2. The first-order chi connectivity index (χ1) is 24.3. The molecular weight excluding hydrogens is 673 g/mol. The number of hydrogen-bond donors (Lipinski definition) is 2. The number of likely N-dealkylation sites (N-methyl/N-ethyl adjacent to an activating group) is 1. The van der Waals surface area contributed by atoms with Crippen LogP contribution in [-0.4, -0.2) is 78.0 Å². The third kappa shape index (κ3) is 8.48. The normalized spacial score (nSPS) is 14.0. The number of hydrogen-bond acceptors (Lipinski definition) is 6. The Kier molecular flexibility index (Phi) is 11.6. The molecular formula is C40H37ClFN3O6. The maximum absolute atomic E-state index is 15.0. The van der Waals surface area contributed by atoms with E-state index < -0.39 is 29.5 Å². The van der Waals surface area contributed by atoms with Crippen LogP contribution in [0.2, 0.25) is 5.02 Å². The molecule has 0 spiro atoms. The molecule has 1 atom stereocenters. The van der Waals surface area contributed by atoms with Crippen LogP contribution in [0.25, 0.3) is 17.2 Å². The zero-order chi connectivity index (χ0) is 36.8. The molecule has 5 rings (SSSR count). The van der Waals surface area contributed by atoms with Gasteiger partial charge < -0.3 is 20.2 Å². The van der Waals surface area contributed by atoms with Gasteiger partial charge in [0, 0.05) is 48.8 Å². The lowest BCUT2D eigenvalue weighted by molar-refractivity contribution is -0.136. The van der Waals surface area contributed by atoms with Crippen molar-refractivity contribution >= 4 is 47.0 Å². The number of Topliss-reactive ketones (excluding diaryl/α,β-unsaturated/α-hetero) is 2. The Labute approximate surface area is 300 Å². The molecule has 0 radical (unpaired) electrons. The lowest BCUT2D eigenvalue weighted by atomic mass is 9.83. The Morgan fingerprint density at radius 2 is 1.65 bits per heavy atom. The lowest BCUT2D eigenvalue weighted by Crippen LogP contribution is -2.43. The van der Waals surface area contributed by atoms with E-state index in [2.05, 4.69) is 5.32 Å². The van der Waals surface area contributed by atoms with Crippen molar-refractivity contribution in [2.24, 2.45) is 0 Å². The Morgan fingerprint density at radius 3 is 2.29 bits per heavy atom. The van der Waals surface area contributed by atoms with E-state index in [0.717, 1.165) is 22.8 Å². The van der Waals surface area contributed by atoms with Crippen molar-refractivity contribution in [3.63, 3.8) is 0 Å². The average molecular weight is 710 g/mol. The fourth-order valence-corrected chi connectivity index (χ4v) is 6.33. The third-order valence-electron chi connectivity index (χ3n) is 8.80. The summed E-state index contributed by atoms with van der Waals surface area (Å²) < 4.78 is 15.0. The van der Waals surface area contributed by atoms with Gasteiger partial charge in [0.15, 0.2) is 11.6 Å². The zero-order valence-electron chi connectivity index (χ0n) is 28.4. The van der Waals surface area contributed by atoms with E-state index in [1.54, 1.807) is 30.3 Å². The van der Waals surface area contributed by atoms with Crippen LogP contribution in [0.15, 0.2) is 84.9 Å². The van der Waals surface area contributed by atoms with Crippen LogP contribution in [0.1, 0.15) is 66.3 Å². The average Bonchev–Trinajstić information content (AvgIpc) is 3.11. The molecule has 262 valence electrons. The first-order valence-corrected chi connectivity index (χ1v) is 16.7. The molecule has 4 aromatic rings. The van der Waals surface area contributed by atoms with Crippen molar-refractivity contribution < 1.29 is 33.5 Å². The number of carbonyl (C=O) groups is 5. The van der Waals surface area contributed by atoms with E-state index in [-0.39, 0.29) is 46.4 Å². The summed E-state index contributed by atoms with van der Waals surface area (Å²) in [7, 11) is 3.86. The molecule has 1 aliphatic heterocycles. The number of carboxylic acid groups (broad SMARTS) is 1. The number of nitrogens with zero attached hydrogens (tertiary/aromatic N) is 2. The molecule has 4 aromatic carbocycles. The van der Waals surface area contributed by atoms with Crippen molar-refractivity contribution in [3.8, 4) is 11.1 Å². The highest BCUT2D eigenvalue weighted by Crippen LogP contribution is 2.38. The van der Waals surface area contributed by atoms with Gasteiger partial charge in [-0.15, -0.1) is 0 Å². The highest BCUT2D eigenvalue weighted by atomic mass is 35.5. The molecule has 0 unspecified atom stereocenters. The fourth-order valence-electron chi connectivity index (χ4n) is 6.17. The van der Waals surface area contributed by atoms with Crippen LogP contribution < -0.4 is 5.32 Å². The lowest BCUT2D eigenvalue weighted by Gasteiger charge is -2.37. The molecule has 9 nitrogen and oxygen atoms in total. The van der Waals surface area contributed by atoms with Gasteiger partial charge in [0.1, 0.15) is 11.9 Å². The minimum Gasteiger partial charge on any atom is -0.478 e. The quantitative estimate of drug-likeness (QED) is 0.131. The second-order valence-corrected chi connectivity index (χ2v) is 13.0. The number of aromatic carboxylic acids is 1. The van der Waals surface area contributed by atoms with Gasteiger partial charge in [-0.1, -0.05) is 54.1 Å². The maximum Gasteiger partial charge on any atom is 0.335 e. The topological polar surface area (TPSA) is 124 Å². The van der Waals surface area contributed by atoms with Gasteiger partial charge in [0.25, 0.3) is 5.91 Å². The summed E-state index contributed by atoms with van der Waals surface area (Å²) in [5.74, 6) is -3.39. The molecule has 0 fully saturated rings. The summed E-state index contributed by atoms with van der Waals surface area (Å²) in [5, 5.41) is 12.0. The molecule has 1 aliphatic rings. The number of rotatable bonds is 12. The van der Waals surface area contributed by atoms with Gasteiger partial charge in [0.2, 0.25) is 5.91 Å². The molecule has 1 heterocycles. The molecule has 11 heteroatoms. The maximum atomic E-state index is 15.0. The van der Waals surface area contributed by atoms with Crippen LogP contribution in [0.4, 0.5) is 4.39 Å². The molecule has 0 bridgehead atoms. The monoisotopic (exact) mass is 709 g/mol. The van der Waals surface area contributed by atoms with Gasteiger partial charge >= 0.3 is 5.97 Å². The number of fused-ring (bicyclic) bond motifs is 1. The van der Waals surface area contributed by atoms with Crippen molar-refractivity contribution in [2.75, 3.05) is 33.7 Å². The van der Waals surface area contributed by atoms with E-state index in [1.165, 1.54) is 42.2 Å². The number of carbonyl (C=O) groups excluding carboxylic acids is 4. The molecule has 0 saturated carbocycles. The van der Waals surface area contributed by atoms with E-state index in [1.807, 2.05) is 43.3 Å². The van der Waals surface area contributed by atoms with Crippen molar-refractivity contribution in [1.29, 1.82) is 0 Å². The second-order valence-electron chi connectivity index (χ2n) is 12.6. The third-order valence-corrected chi connectivity index (χ3v) is 9.09. The minimum atomic E-state index is -1.09. The summed E-state index contributed by atoms with van der Waals surface area (Å²) in [4.78, 5) is 67.7. The second kappa shape index (κ2) is 16.1. The number of nitrogens with one attached hydrogen (secondary N) is 1. The van der Waals surface area contributed by atoms with Crippen LogP contribution in [0.3, 0.4) is 0 Å². The molecule has 0 aromatic heterocycles. The van der Waals surface area contributed by atoms with E-state index in [0.29, 0.717) is 36.2 Å². The fraction of sp³-hybridized carbons (Fsp3) is 0.225. The summed E-state index contributed by atoms with van der Waals surface area (Å²) in [6, 6.07) is 20.3. The number of amides is 2. The minimum absolute atomic E-state index is 0.0593. The van der Waals surface area contributed by atoms with Gasteiger partial charge in [0.05, 0.1) is 10.6 Å². The van der Waals surface area contributed by atoms with Crippen LogP contribution >= 0.6 is 11.6 Å². The van der Waals surface area contributed by atoms with Crippen molar-refractivity contribution in [1.82, 2.24) is 15.1 Å². The van der Waals surface area contributed by atoms with Gasteiger partial charge in [-0.3, -0.25) is 19.2 Å². The molecule has 2 amide bonds. The van der Waals surface area contributed by atoms with Gasteiger partial charge in [-0.05, 0) is 97.7 Å². The van der Waals surface area contributed by atoms with Crippen LogP contribution in [0.5, 0.6) is 0 Å².